The van der Waals surface area contributed by atoms with Gasteiger partial charge in [-0.15, -0.1) is 11.3 Å². The molecule has 0 saturated carbocycles. The van der Waals surface area contributed by atoms with Crippen LogP contribution < -0.4 is 0 Å². The molecule has 1 N–H and O–H groups in total. The van der Waals surface area contributed by atoms with Gasteiger partial charge in [0.25, 0.3) is 0 Å². The molecule has 1 aromatic carbocycles. The van der Waals surface area contributed by atoms with Gasteiger partial charge in [0.15, 0.2) is 16.6 Å². The average molecular weight is 542 g/mol. The van der Waals surface area contributed by atoms with Crippen LogP contribution in [0, 0.1) is 6.92 Å². The van der Waals surface area contributed by atoms with E-state index in [1.807, 2.05) is 25.1 Å². The third-order valence-electron chi connectivity index (χ3n) is 7.54. The van der Waals surface area contributed by atoms with E-state index in [1.165, 1.54) is 0 Å². The van der Waals surface area contributed by atoms with E-state index >= 15 is 0 Å². The highest BCUT2D eigenvalue weighted by Gasteiger charge is 2.38. The third-order valence-corrected chi connectivity index (χ3v) is 17.8. The second-order valence-electron chi connectivity index (χ2n) is 12.2. The minimum Gasteiger partial charge on any atom is -0.416 e. The summed E-state index contributed by atoms with van der Waals surface area (Å²) in [6, 6.07) is 5.74. The molecule has 1 atom stereocenters. The van der Waals surface area contributed by atoms with E-state index in [4.69, 9.17) is 25.4 Å². The molecule has 0 amide bonds. The molecule has 1 heterocycles. The molecule has 0 spiro atoms. The lowest BCUT2D eigenvalue weighted by Gasteiger charge is -2.36. The summed E-state index contributed by atoms with van der Waals surface area (Å²) in [5.41, 5.74) is 2.53. The van der Waals surface area contributed by atoms with Crippen molar-refractivity contribution >= 4 is 39.6 Å². The van der Waals surface area contributed by atoms with Crippen molar-refractivity contribution in [3.05, 3.63) is 49.9 Å². The van der Waals surface area contributed by atoms with Gasteiger partial charge in [0, 0.05) is 16.5 Å². The average Bonchev–Trinajstić information content (AvgIpc) is 3.06. The number of thiazole rings is 1. The Labute approximate surface area is 218 Å². The lowest BCUT2D eigenvalue weighted by Crippen LogP contribution is -2.41. The molecule has 4 nitrogen and oxygen atoms in total. The summed E-state index contributed by atoms with van der Waals surface area (Å²) in [6.07, 6.45) is -0.111. The van der Waals surface area contributed by atoms with Gasteiger partial charge in [0.2, 0.25) is 0 Å². The van der Waals surface area contributed by atoms with Crippen LogP contribution in [0.1, 0.15) is 74.4 Å². The molecule has 0 aliphatic carbocycles. The molecule has 192 valence electrons. The summed E-state index contributed by atoms with van der Waals surface area (Å²) in [5, 5.41) is 13.2. The third kappa shape index (κ3) is 7.25. The maximum absolute atomic E-state index is 11.4. The normalized spacial score (nSPS) is 14.5. The first-order valence-corrected chi connectivity index (χ1v) is 19.1. The lowest BCUT2D eigenvalue weighted by atomic mass is 9.98. The molecule has 1 aromatic heterocycles. The lowest BCUT2D eigenvalue weighted by molar-refractivity contribution is 0.212. The quantitative estimate of drug-likeness (QED) is 0.324. The van der Waals surface area contributed by atoms with Crippen LogP contribution in [0.2, 0.25) is 41.3 Å². The fraction of sp³-hybridized carbons (Fsp3) is 0.654. The molecule has 1 unspecified atom stereocenters. The maximum atomic E-state index is 11.4. The molecule has 0 fully saturated rings. The zero-order valence-corrected chi connectivity index (χ0v) is 26.5. The molecular weight excluding hydrogens is 498 g/mol. The first kappa shape index (κ1) is 29.7. The fourth-order valence-corrected chi connectivity index (χ4v) is 6.21. The number of halogens is 1. The Hall–Kier alpha value is -0.546. The van der Waals surface area contributed by atoms with Crippen LogP contribution in [-0.2, 0) is 21.9 Å². The second kappa shape index (κ2) is 10.8. The summed E-state index contributed by atoms with van der Waals surface area (Å²) in [5.74, 6) is 0. The van der Waals surface area contributed by atoms with Crippen LogP contribution in [0.3, 0.4) is 0 Å². The number of aliphatic hydroxyl groups excluding tert-OH is 1. The standard InChI is InChI=1S/C26H44ClNO3SSi2/c1-18-23(28-22(32-18)17-31-34(10,11)26(5,6)7)24(29)21-16-20(27)13-12-19(21)14-15-30-33(8,9)25(2,3)4/h12-13,16,24,29H,14-15,17H2,1-11H3. The minimum atomic E-state index is -1.87. The van der Waals surface area contributed by atoms with E-state index in [-0.39, 0.29) is 10.1 Å². The molecule has 34 heavy (non-hydrogen) atoms. The van der Waals surface area contributed by atoms with Crippen LogP contribution in [-0.4, -0.2) is 33.3 Å². The zero-order chi connectivity index (χ0) is 26.1. The number of aryl methyl sites for hydroxylation is 1. The van der Waals surface area contributed by atoms with E-state index in [2.05, 4.69) is 67.7 Å². The maximum Gasteiger partial charge on any atom is 0.192 e. The Morgan fingerprint density at radius 3 is 2.12 bits per heavy atom. The first-order chi connectivity index (χ1) is 15.4. The Morgan fingerprint density at radius 1 is 1.00 bits per heavy atom. The van der Waals surface area contributed by atoms with Gasteiger partial charge in [0.1, 0.15) is 11.1 Å². The van der Waals surface area contributed by atoms with Crippen LogP contribution in [0.4, 0.5) is 0 Å². The van der Waals surface area contributed by atoms with E-state index in [1.54, 1.807) is 11.3 Å². The highest BCUT2D eigenvalue weighted by atomic mass is 35.5. The molecule has 0 radical (unpaired) electrons. The van der Waals surface area contributed by atoms with E-state index < -0.39 is 22.7 Å². The van der Waals surface area contributed by atoms with Crippen LogP contribution in [0.5, 0.6) is 0 Å². The summed E-state index contributed by atoms with van der Waals surface area (Å²) in [6.45, 7) is 25.6. The predicted octanol–water partition coefficient (Wildman–Crippen LogP) is 8.27. The monoisotopic (exact) mass is 541 g/mol. The number of hydrogen-bond donors (Lipinski definition) is 1. The van der Waals surface area contributed by atoms with E-state index in [0.29, 0.717) is 23.9 Å². The number of rotatable bonds is 9. The topological polar surface area (TPSA) is 51.6 Å². The molecular formula is C26H44ClNO3SSi2. The van der Waals surface area contributed by atoms with Gasteiger partial charge >= 0.3 is 0 Å². The van der Waals surface area contributed by atoms with Gasteiger partial charge in [-0.2, -0.15) is 0 Å². The molecule has 0 saturated heterocycles. The van der Waals surface area contributed by atoms with Crippen molar-refractivity contribution in [2.24, 2.45) is 0 Å². The van der Waals surface area contributed by atoms with Crippen molar-refractivity contribution in [2.75, 3.05) is 6.61 Å². The highest BCUT2D eigenvalue weighted by molar-refractivity contribution is 7.11. The molecule has 0 aliphatic rings. The summed E-state index contributed by atoms with van der Waals surface area (Å²) < 4.78 is 12.7. The number of aromatic nitrogens is 1. The van der Waals surface area contributed by atoms with Gasteiger partial charge in [-0.1, -0.05) is 59.2 Å². The molecule has 0 bridgehead atoms. The smallest absolute Gasteiger partial charge is 0.192 e. The van der Waals surface area contributed by atoms with Crippen molar-refractivity contribution in [3.8, 4) is 0 Å². The van der Waals surface area contributed by atoms with Gasteiger partial charge < -0.3 is 14.0 Å². The fourth-order valence-electron chi connectivity index (χ4n) is 3.07. The second-order valence-corrected chi connectivity index (χ2v) is 23.5. The highest BCUT2D eigenvalue weighted by Crippen LogP contribution is 2.39. The van der Waals surface area contributed by atoms with Crippen molar-refractivity contribution in [1.82, 2.24) is 4.98 Å². The SMILES string of the molecule is Cc1sc(CO[Si](C)(C)C(C)(C)C)nc1C(O)c1cc(Cl)ccc1CCO[Si](C)(C)C(C)(C)C. The van der Waals surface area contributed by atoms with E-state index in [9.17, 15) is 5.11 Å². The molecule has 2 rings (SSSR count). The van der Waals surface area contributed by atoms with Gasteiger partial charge in [0.05, 0.1) is 12.3 Å². The van der Waals surface area contributed by atoms with Crippen molar-refractivity contribution < 1.29 is 14.0 Å². The van der Waals surface area contributed by atoms with E-state index in [0.717, 1.165) is 27.4 Å². The molecule has 2 aromatic rings. The predicted molar refractivity (Wildman–Crippen MR) is 151 cm³/mol. The number of nitrogens with zero attached hydrogens (tertiary/aromatic N) is 1. The Morgan fingerprint density at radius 2 is 1.56 bits per heavy atom. The summed E-state index contributed by atoms with van der Waals surface area (Å²) >= 11 is 7.93. The van der Waals surface area contributed by atoms with Crippen molar-refractivity contribution in [3.63, 3.8) is 0 Å². The molecule has 0 aliphatic heterocycles. The Kier molecular flexibility index (Phi) is 9.45. The number of benzene rings is 1. The van der Waals surface area contributed by atoms with Crippen molar-refractivity contribution in [1.29, 1.82) is 0 Å². The van der Waals surface area contributed by atoms with Gasteiger partial charge in [-0.25, -0.2) is 4.98 Å². The molecule has 8 heteroatoms. The van der Waals surface area contributed by atoms with Crippen LogP contribution in [0.15, 0.2) is 18.2 Å². The Balaban J connectivity index is 2.21. The van der Waals surface area contributed by atoms with Gasteiger partial charge in [-0.3, -0.25) is 0 Å². The summed E-state index contributed by atoms with van der Waals surface area (Å²) in [7, 11) is -3.70. The van der Waals surface area contributed by atoms with Crippen molar-refractivity contribution in [2.45, 2.75) is 104 Å². The van der Waals surface area contributed by atoms with Crippen LogP contribution >= 0.6 is 22.9 Å². The number of hydrogen-bond acceptors (Lipinski definition) is 5. The first-order valence-electron chi connectivity index (χ1n) is 12.1. The zero-order valence-electron chi connectivity index (χ0n) is 22.9. The Bertz CT molecular complexity index is 977. The minimum absolute atomic E-state index is 0.143. The van der Waals surface area contributed by atoms with Crippen LogP contribution in [0.25, 0.3) is 0 Å². The largest absolute Gasteiger partial charge is 0.416 e. The van der Waals surface area contributed by atoms with Gasteiger partial charge in [-0.05, 0) is 72.9 Å². The summed E-state index contributed by atoms with van der Waals surface area (Å²) in [4.78, 5) is 5.80. The number of aliphatic hydroxyl groups is 1.